The van der Waals surface area contributed by atoms with Gasteiger partial charge in [0.1, 0.15) is 0 Å². The molecule has 0 bridgehead atoms. The highest BCUT2D eigenvalue weighted by Gasteiger charge is 2.35. The van der Waals surface area contributed by atoms with Crippen LogP contribution < -0.4 is 5.32 Å². The molecule has 2 aliphatic heterocycles. The molecule has 1 unspecified atom stereocenters. The first-order chi connectivity index (χ1) is 11.9. The number of aromatic amines is 1. The molecule has 1 aromatic rings. The number of hydrogen-bond donors (Lipinski definition) is 2. The van der Waals surface area contributed by atoms with Gasteiger partial charge in [-0.15, -0.1) is 0 Å². The van der Waals surface area contributed by atoms with E-state index in [0.717, 1.165) is 51.6 Å². The molecule has 3 rings (SSSR count). The molecule has 0 aliphatic carbocycles. The van der Waals surface area contributed by atoms with Crippen molar-refractivity contribution in [2.24, 2.45) is 0 Å². The Bertz CT molecular complexity index is 583. The molecule has 0 spiro atoms. The number of alkyl halides is 3. The third kappa shape index (κ3) is 4.72. The van der Waals surface area contributed by atoms with Crippen molar-refractivity contribution in [3.63, 3.8) is 0 Å². The van der Waals surface area contributed by atoms with E-state index in [1.165, 1.54) is 0 Å². The van der Waals surface area contributed by atoms with Gasteiger partial charge in [-0.25, -0.2) is 0 Å². The Hall–Kier alpha value is -1.61. The fourth-order valence-electron chi connectivity index (χ4n) is 3.53. The number of H-pyrrole nitrogens is 1. The standard InChI is InChI=1S/C16H24F3N5O/c17-16(18,19)14-10-13(21-22-14)12-2-1-6-23(11-12)7-3-15(25)24-8-4-20-5-9-24/h10,12,20H,1-9,11H2,(H,21,22). The maximum atomic E-state index is 12.7. The van der Waals surface area contributed by atoms with Gasteiger partial charge in [0.2, 0.25) is 5.91 Å². The second-order valence-corrected chi connectivity index (χ2v) is 6.73. The van der Waals surface area contributed by atoms with Crippen LogP contribution in [0.15, 0.2) is 6.07 Å². The summed E-state index contributed by atoms with van der Waals surface area (Å²) in [7, 11) is 0. The molecule has 6 nitrogen and oxygen atoms in total. The molecule has 0 saturated carbocycles. The molecule has 9 heteroatoms. The van der Waals surface area contributed by atoms with Crippen molar-refractivity contribution in [3.05, 3.63) is 17.5 Å². The Labute approximate surface area is 144 Å². The van der Waals surface area contributed by atoms with E-state index in [0.29, 0.717) is 25.2 Å². The molecule has 2 N–H and O–H groups in total. The average molecular weight is 359 g/mol. The molecule has 1 atom stereocenters. The normalized spacial score (nSPS) is 23.0. The van der Waals surface area contributed by atoms with Crippen LogP contribution in [0.5, 0.6) is 0 Å². The van der Waals surface area contributed by atoms with Crippen LogP contribution in [-0.4, -0.2) is 71.7 Å². The third-order valence-electron chi connectivity index (χ3n) is 4.95. The van der Waals surface area contributed by atoms with E-state index >= 15 is 0 Å². The Morgan fingerprint density at radius 1 is 1.28 bits per heavy atom. The predicted molar refractivity (Wildman–Crippen MR) is 86.1 cm³/mol. The lowest BCUT2D eigenvalue weighted by atomic mass is 9.94. The summed E-state index contributed by atoms with van der Waals surface area (Å²) in [5, 5.41) is 9.15. The maximum Gasteiger partial charge on any atom is 0.435 e. The number of aromatic nitrogens is 2. The minimum Gasteiger partial charge on any atom is -0.340 e. The molecular formula is C16H24F3N5O. The number of carbonyl (C=O) groups is 1. The second kappa shape index (κ2) is 7.74. The number of amides is 1. The maximum absolute atomic E-state index is 12.7. The van der Waals surface area contributed by atoms with Crippen LogP contribution in [0.3, 0.4) is 0 Å². The summed E-state index contributed by atoms with van der Waals surface area (Å²) in [6, 6.07) is 1.11. The number of piperidine rings is 1. The summed E-state index contributed by atoms with van der Waals surface area (Å²) in [5.74, 6) is 0.163. The van der Waals surface area contributed by atoms with Crippen molar-refractivity contribution >= 4 is 5.91 Å². The summed E-state index contributed by atoms with van der Waals surface area (Å²) >= 11 is 0. The molecular weight excluding hydrogens is 335 g/mol. The first-order valence-electron chi connectivity index (χ1n) is 8.77. The zero-order valence-electron chi connectivity index (χ0n) is 14.1. The lowest BCUT2D eigenvalue weighted by Gasteiger charge is -2.33. The van der Waals surface area contributed by atoms with Crippen LogP contribution in [0.2, 0.25) is 0 Å². The highest BCUT2D eigenvalue weighted by atomic mass is 19.4. The molecule has 0 aromatic carbocycles. The van der Waals surface area contributed by atoms with E-state index in [2.05, 4.69) is 20.4 Å². The molecule has 1 aromatic heterocycles. The van der Waals surface area contributed by atoms with Crippen molar-refractivity contribution in [2.75, 3.05) is 45.8 Å². The van der Waals surface area contributed by atoms with Crippen LogP contribution in [0, 0.1) is 0 Å². The van der Waals surface area contributed by atoms with Gasteiger partial charge in [-0.05, 0) is 25.5 Å². The van der Waals surface area contributed by atoms with E-state index in [9.17, 15) is 18.0 Å². The first kappa shape index (κ1) is 18.2. The predicted octanol–water partition coefficient (Wildman–Crippen LogP) is 1.43. The minimum absolute atomic E-state index is 0.00615. The number of piperazine rings is 1. The topological polar surface area (TPSA) is 64.3 Å². The highest BCUT2D eigenvalue weighted by Crippen LogP contribution is 2.32. The zero-order valence-corrected chi connectivity index (χ0v) is 14.1. The van der Waals surface area contributed by atoms with Crippen molar-refractivity contribution in [1.82, 2.24) is 25.3 Å². The van der Waals surface area contributed by atoms with E-state index in [4.69, 9.17) is 0 Å². The van der Waals surface area contributed by atoms with Gasteiger partial charge in [-0.1, -0.05) is 0 Å². The van der Waals surface area contributed by atoms with Gasteiger partial charge in [0.25, 0.3) is 0 Å². The Morgan fingerprint density at radius 2 is 2.04 bits per heavy atom. The van der Waals surface area contributed by atoms with Crippen LogP contribution in [0.25, 0.3) is 0 Å². The van der Waals surface area contributed by atoms with Gasteiger partial charge in [-0.3, -0.25) is 9.89 Å². The summed E-state index contributed by atoms with van der Waals surface area (Å²) in [5.41, 5.74) is -0.334. The molecule has 1 amide bonds. The molecule has 3 heterocycles. The Kier molecular flexibility index (Phi) is 5.63. The Morgan fingerprint density at radius 3 is 2.72 bits per heavy atom. The summed E-state index contributed by atoms with van der Waals surface area (Å²) < 4.78 is 38.1. The number of likely N-dealkylation sites (tertiary alicyclic amines) is 1. The smallest absolute Gasteiger partial charge is 0.340 e. The van der Waals surface area contributed by atoms with Crippen LogP contribution in [0.4, 0.5) is 13.2 Å². The Balaban J connectivity index is 1.51. The lowest BCUT2D eigenvalue weighted by molar-refractivity contribution is -0.141. The van der Waals surface area contributed by atoms with E-state index < -0.39 is 11.9 Å². The van der Waals surface area contributed by atoms with E-state index in [-0.39, 0.29) is 11.8 Å². The monoisotopic (exact) mass is 359 g/mol. The van der Waals surface area contributed by atoms with Crippen LogP contribution in [-0.2, 0) is 11.0 Å². The van der Waals surface area contributed by atoms with Gasteiger partial charge in [0.05, 0.1) is 0 Å². The van der Waals surface area contributed by atoms with Gasteiger partial charge < -0.3 is 15.1 Å². The first-order valence-corrected chi connectivity index (χ1v) is 8.77. The quantitative estimate of drug-likeness (QED) is 0.854. The van der Waals surface area contributed by atoms with Gasteiger partial charge >= 0.3 is 6.18 Å². The van der Waals surface area contributed by atoms with Crippen LogP contribution in [0.1, 0.15) is 36.6 Å². The number of hydrogen-bond acceptors (Lipinski definition) is 4. The summed E-state index contributed by atoms with van der Waals surface area (Å²) in [4.78, 5) is 16.3. The number of carbonyl (C=O) groups excluding carboxylic acids is 1. The number of nitrogens with one attached hydrogen (secondary N) is 2. The number of nitrogens with zero attached hydrogens (tertiary/aromatic N) is 3. The molecule has 140 valence electrons. The molecule has 25 heavy (non-hydrogen) atoms. The fraction of sp³-hybridized carbons (Fsp3) is 0.750. The SMILES string of the molecule is O=C(CCN1CCCC(c2cc(C(F)(F)F)n[nH]2)C1)N1CCNCC1. The van der Waals surface area contributed by atoms with Gasteiger partial charge in [0.15, 0.2) is 5.69 Å². The molecule has 0 radical (unpaired) electrons. The largest absolute Gasteiger partial charge is 0.435 e. The van der Waals surface area contributed by atoms with Gasteiger partial charge in [-0.2, -0.15) is 18.3 Å². The third-order valence-corrected chi connectivity index (χ3v) is 4.95. The highest BCUT2D eigenvalue weighted by molar-refractivity contribution is 5.76. The second-order valence-electron chi connectivity index (χ2n) is 6.73. The van der Waals surface area contributed by atoms with Crippen molar-refractivity contribution in [2.45, 2.75) is 31.4 Å². The molecule has 2 fully saturated rings. The zero-order chi connectivity index (χ0) is 17.9. The fourth-order valence-corrected chi connectivity index (χ4v) is 3.53. The van der Waals surface area contributed by atoms with Crippen molar-refractivity contribution in [1.29, 1.82) is 0 Å². The van der Waals surface area contributed by atoms with E-state index in [1.807, 2.05) is 4.90 Å². The van der Waals surface area contributed by atoms with Gasteiger partial charge in [0, 0.05) is 57.3 Å². The summed E-state index contributed by atoms with van der Waals surface area (Å²) in [6.45, 7) is 5.35. The van der Waals surface area contributed by atoms with Crippen molar-refractivity contribution < 1.29 is 18.0 Å². The van der Waals surface area contributed by atoms with E-state index in [1.54, 1.807) is 0 Å². The number of halogens is 3. The minimum atomic E-state index is -4.42. The lowest BCUT2D eigenvalue weighted by Crippen LogP contribution is -2.47. The van der Waals surface area contributed by atoms with Crippen molar-refractivity contribution in [3.8, 4) is 0 Å². The molecule has 2 saturated heterocycles. The van der Waals surface area contributed by atoms with Crippen LogP contribution >= 0.6 is 0 Å². The number of rotatable bonds is 4. The molecule has 2 aliphatic rings. The summed E-state index contributed by atoms with van der Waals surface area (Å²) in [6.07, 6.45) is -2.21. The average Bonchev–Trinajstić information content (AvgIpc) is 3.11.